The molecule has 0 saturated carbocycles. The Morgan fingerprint density at radius 3 is 2.83 bits per heavy atom. The molecule has 1 amide bonds. The van der Waals surface area contributed by atoms with Crippen molar-refractivity contribution >= 4 is 45.1 Å². The summed E-state index contributed by atoms with van der Waals surface area (Å²) in [5.74, 6) is 0.826. The Morgan fingerprint density at radius 2 is 2.00 bits per heavy atom. The van der Waals surface area contributed by atoms with Crippen molar-refractivity contribution in [2.75, 3.05) is 22.1 Å². The normalized spacial score (nSPS) is 14.0. The van der Waals surface area contributed by atoms with E-state index in [9.17, 15) is 4.79 Å². The highest BCUT2D eigenvalue weighted by molar-refractivity contribution is 9.10. The molecule has 0 fully saturated rings. The molecule has 1 aliphatic heterocycles. The number of aromatic nitrogens is 3. The number of nitrogens with two attached hydrogens (primary N) is 1. The maximum Gasteiger partial charge on any atom is 0.240 e. The number of hydrogen-bond acceptors (Lipinski definition) is 7. The smallest absolute Gasteiger partial charge is 0.240 e. The van der Waals surface area contributed by atoms with Crippen LogP contribution in [0.2, 0.25) is 0 Å². The van der Waals surface area contributed by atoms with Crippen LogP contribution in [0.25, 0.3) is 0 Å². The number of nitrogens with zero attached hydrogens (tertiary/aromatic N) is 4. The first-order chi connectivity index (χ1) is 14.5. The summed E-state index contributed by atoms with van der Waals surface area (Å²) in [5, 5.41) is 5.95. The third kappa shape index (κ3) is 4.74. The zero-order chi connectivity index (χ0) is 21.1. The quantitative estimate of drug-likeness (QED) is 0.528. The van der Waals surface area contributed by atoms with E-state index in [-0.39, 0.29) is 5.91 Å². The largest absolute Gasteiger partial charge is 0.336 e. The molecule has 0 bridgehead atoms. The van der Waals surface area contributed by atoms with E-state index in [1.807, 2.05) is 12.1 Å². The molecule has 30 heavy (non-hydrogen) atoms. The summed E-state index contributed by atoms with van der Waals surface area (Å²) in [6.07, 6.45) is 2.44. The number of hydrogen-bond donors (Lipinski definition) is 3. The molecule has 1 atom stereocenters. The van der Waals surface area contributed by atoms with E-state index >= 15 is 0 Å². The van der Waals surface area contributed by atoms with Crippen molar-refractivity contribution in [3.63, 3.8) is 0 Å². The van der Waals surface area contributed by atoms with Gasteiger partial charge in [-0.15, -0.1) is 0 Å². The second kappa shape index (κ2) is 8.76. The van der Waals surface area contributed by atoms with Crippen molar-refractivity contribution in [3.8, 4) is 0 Å². The zero-order valence-electron chi connectivity index (χ0n) is 16.5. The van der Waals surface area contributed by atoms with E-state index in [1.54, 1.807) is 19.1 Å². The van der Waals surface area contributed by atoms with Gasteiger partial charge in [0, 0.05) is 28.9 Å². The Balaban J connectivity index is 1.48. The van der Waals surface area contributed by atoms with E-state index in [4.69, 9.17) is 5.73 Å². The van der Waals surface area contributed by atoms with Crippen LogP contribution in [-0.2, 0) is 17.8 Å². The van der Waals surface area contributed by atoms with Gasteiger partial charge in [-0.1, -0.05) is 28.1 Å². The third-order valence-corrected chi connectivity index (χ3v) is 5.32. The third-order valence-electron chi connectivity index (χ3n) is 4.82. The average Bonchev–Trinajstić information content (AvgIpc) is 2.73. The van der Waals surface area contributed by atoms with Crippen LogP contribution < -0.4 is 21.3 Å². The standard InChI is InChI=1S/C21H22BrN7O/c1-13(23)19(30)26-17-3-2-4-18(10-17)27-20-24-12-25-21(28-20)29-8-7-14-9-16(22)6-5-15(14)11-29/h2-6,9-10,12-13H,7-8,11,23H2,1H3,(H,26,30)(H,24,25,27,28)/t13-/m0/s1. The van der Waals surface area contributed by atoms with Gasteiger partial charge < -0.3 is 21.3 Å². The van der Waals surface area contributed by atoms with Gasteiger partial charge in [-0.05, 0) is 54.8 Å². The van der Waals surface area contributed by atoms with Gasteiger partial charge in [0.05, 0.1) is 6.04 Å². The van der Waals surface area contributed by atoms with Gasteiger partial charge in [0.1, 0.15) is 6.33 Å². The monoisotopic (exact) mass is 467 g/mol. The molecule has 1 aromatic heterocycles. The van der Waals surface area contributed by atoms with Crippen molar-refractivity contribution in [1.29, 1.82) is 0 Å². The first kappa shape index (κ1) is 20.2. The van der Waals surface area contributed by atoms with Crippen LogP contribution >= 0.6 is 15.9 Å². The minimum Gasteiger partial charge on any atom is -0.336 e. The van der Waals surface area contributed by atoms with E-state index in [0.717, 1.165) is 29.7 Å². The maximum atomic E-state index is 11.8. The first-order valence-corrected chi connectivity index (χ1v) is 10.4. The molecule has 0 radical (unpaired) electrons. The average molecular weight is 468 g/mol. The molecule has 3 aromatic rings. The molecule has 0 unspecified atom stereocenters. The highest BCUT2D eigenvalue weighted by Gasteiger charge is 2.19. The minimum atomic E-state index is -0.580. The van der Waals surface area contributed by atoms with Gasteiger partial charge >= 0.3 is 0 Å². The summed E-state index contributed by atoms with van der Waals surface area (Å²) >= 11 is 3.53. The number of nitrogens with one attached hydrogen (secondary N) is 2. The number of anilines is 4. The summed E-state index contributed by atoms with van der Waals surface area (Å²) in [6.45, 7) is 3.23. The Hall–Kier alpha value is -3.04. The lowest BCUT2D eigenvalue weighted by Crippen LogP contribution is -2.32. The van der Waals surface area contributed by atoms with Crippen molar-refractivity contribution in [2.45, 2.75) is 25.9 Å². The molecule has 2 aromatic carbocycles. The highest BCUT2D eigenvalue weighted by Crippen LogP contribution is 2.25. The summed E-state index contributed by atoms with van der Waals surface area (Å²) in [4.78, 5) is 27.1. The molecule has 4 rings (SSSR count). The highest BCUT2D eigenvalue weighted by atomic mass is 79.9. The van der Waals surface area contributed by atoms with E-state index < -0.39 is 6.04 Å². The van der Waals surface area contributed by atoms with Gasteiger partial charge in [0.15, 0.2) is 0 Å². The van der Waals surface area contributed by atoms with Crippen molar-refractivity contribution in [2.24, 2.45) is 5.73 Å². The van der Waals surface area contributed by atoms with Gasteiger partial charge in [-0.2, -0.15) is 4.98 Å². The van der Waals surface area contributed by atoms with Gasteiger partial charge in [0.25, 0.3) is 0 Å². The molecule has 0 saturated heterocycles. The van der Waals surface area contributed by atoms with Gasteiger partial charge in [0.2, 0.25) is 17.8 Å². The van der Waals surface area contributed by atoms with Crippen LogP contribution in [-0.4, -0.2) is 33.4 Å². The second-order valence-corrected chi connectivity index (χ2v) is 8.09. The Kier molecular flexibility index (Phi) is 5.91. The van der Waals surface area contributed by atoms with Crippen molar-refractivity contribution in [1.82, 2.24) is 15.0 Å². The predicted molar refractivity (Wildman–Crippen MR) is 121 cm³/mol. The Morgan fingerprint density at radius 1 is 1.17 bits per heavy atom. The van der Waals surface area contributed by atoms with Gasteiger partial charge in [-0.3, -0.25) is 4.79 Å². The van der Waals surface area contributed by atoms with E-state index in [0.29, 0.717) is 17.6 Å². The fourth-order valence-electron chi connectivity index (χ4n) is 3.25. The molecular weight excluding hydrogens is 446 g/mol. The van der Waals surface area contributed by atoms with Crippen LogP contribution in [0.5, 0.6) is 0 Å². The molecule has 8 nitrogen and oxygen atoms in total. The maximum absolute atomic E-state index is 11.8. The van der Waals surface area contributed by atoms with Gasteiger partial charge in [-0.25, -0.2) is 9.97 Å². The zero-order valence-corrected chi connectivity index (χ0v) is 18.1. The molecule has 1 aliphatic rings. The van der Waals surface area contributed by atoms with Crippen LogP contribution in [0.1, 0.15) is 18.1 Å². The lowest BCUT2D eigenvalue weighted by Gasteiger charge is -2.29. The molecule has 0 spiro atoms. The molecule has 9 heteroatoms. The van der Waals surface area contributed by atoms with Crippen molar-refractivity contribution in [3.05, 3.63) is 64.4 Å². The number of benzene rings is 2. The van der Waals surface area contributed by atoms with E-state index in [2.05, 4.69) is 64.6 Å². The molecule has 4 N–H and O–H groups in total. The predicted octanol–water partition coefficient (Wildman–Crippen LogP) is 3.23. The Bertz CT molecular complexity index is 1070. The number of amides is 1. The number of carbonyl (C=O) groups excluding carboxylic acids is 1. The minimum absolute atomic E-state index is 0.244. The lowest BCUT2D eigenvalue weighted by atomic mass is 10.0. The second-order valence-electron chi connectivity index (χ2n) is 7.18. The fraction of sp³-hybridized carbons (Fsp3) is 0.238. The molecule has 2 heterocycles. The van der Waals surface area contributed by atoms with Crippen LogP contribution in [0.15, 0.2) is 53.3 Å². The fourth-order valence-corrected chi connectivity index (χ4v) is 3.66. The number of halogens is 1. The van der Waals surface area contributed by atoms with Crippen LogP contribution in [0.4, 0.5) is 23.3 Å². The van der Waals surface area contributed by atoms with Crippen molar-refractivity contribution < 1.29 is 4.79 Å². The molecule has 0 aliphatic carbocycles. The SMILES string of the molecule is C[C@H](N)C(=O)Nc1cccc(Nc2ncnc(N3CCc4cc(Br)ccc4C3)n2)c1. The number of carbonyl (C=O) groups is 1. The molecular formula is C21H22BrN7O. The summed E-state index contributed by atoms with van der Waals surface area (Å²) in [6, 6.07) is 13.1. The Labute approximate surface area is 183 Å². The topological polar surface area (TPSA) is 109 Å². The molecule has 154 valence electrons. The van der Waals surface area contributed by atoms with Crippen LogP contribution in [0, 0.1) is 0 Å². The summed E-state index contributed by atoms with van der Waals surface area (Å²) in [7, 11) is 0. The van der Waals surface area contributed by atoms with Crippen LogP contribution in [0.3, 0.4) is 0 Å². The first-order valence-electron chi connectivity index (χ1n) is 9.63. The number of rotatable bonds is 5. The van der Waals surface area contributed by atoms with E-state index in [1.165, 1.54) is 17.5 Å². The summed E-state index contributed by atoms with van der Waals surface area (Å²) in [5.41, 5.74) is 9.63. The summed E-state index contributed by atoms with van der Waals surface area (Å²) < 4.78 is 1.10. The number of fused-ring (bicyclic) bond motifs is 1. The lowest BCUT2D eigenvalue weighted by molar-refractivity contribution is -0.117.